The molecule has 4 aromatic rings. The molecule has 1 aliphatic rings. The van der Waals surface area contributed by atoms with E-state index in [0.717, 1.165) is 29.9 Å². The molecule has 0 saturated heterocycles. The summed E-state index contributed by atoms with van der Waals surface area (Å²) in [6, 6.07) is 23.8. The summed E-state index contributed by atoms with van der Waals surface area (Å²) in [5.74, 6) is 0.866. The highest BCUT2D eigenvalue weighted by molar-refractivity contribution is 7.99. The Morgan fingerprint density at radius 3 is 2.18 bits per heavy atom. The fourth-order valence-corrected chi connectivity index (χ4v) is 4.80. The van der Waals surface area contributed by atoms with Crippen molar-refractivity contribution in [2.24, 2.45) is 0 Å². The summed E-state index contributed by atoms with van der Waals surface area (Å²) in [6.45, 7) is 2.47. The van der Waals surface area contributed by atoms with Crippen LogP contribution in [0.3, 0.4) is 0 Å². The van der Waals surface area contributed by atoms with Gasteiger partial charge in [-0.05, 0) is 65.6 Å². The van der Waals surface area contributed by atoms with E-state index in [1.807, 2.05) is 72.5 Å². The summed E-state index contributed by atoms with van der Waals surface area (Å²) in [7, 11) is 0. The van der Waals surface area contributed by atoms with Crippen molar-refractivity contribution in [3.8, 4) is 11.4 Å². The van der Waals surface area contributed by atoms with Gasteiger partial charge in [0.05, 0.1) is 23.7 Å². The van der Waals surface area contributed by atoms with E-state index in [2.05, 4.69) is 27.7 Å². The first-order chi connectivity index (χ1) is 16.3. The van der Waals surface area contributed by atoms with Gasteiger partial charge >= 0.3 is 0 Å². The van der Waals surface area contributed by atoms with E-state index < -0.39 is 0 Å². The van der Waals surface area contributed by atoms with Crippen LogP contribution < -0.4 is 9.64 Å². The van der Waals surface area contributed by atoms with E-state index >= 15 is 0 Å². The van der Waals surface area contributed by atoms with Gasteiger partial charge in [-0.2, -0.15) is 4.68 Å². The number of aryl methyl sites for hydroxylation is 2. The van der Waals surface area contributed by atoms with E-state index in [1.165, 1.54) is 22.9 Å². The Morgan fingerprint density at radius 2 is 1.52 bits per heavy atom. The Balaban J connectivity index is 1.43. The summed E-state index contributed by atoms with van der Waals surface area (Å²) in [6.07, 6.45) is 1.80. The van der Waals surface area contributed by atoms with Crippen LogP contribution in [0.1, 0.15) is 18.1 Å². The number of aromatic nitrogens is 4. The number of carbonyl (C=O) groups excluding carboxylic acids is 1. The molecule has 1 aromatic heterocycles. The predicted molar refractivity (Wildman–Crippen MR) is 128 cm³/mol. The second-order valence-corrected chi connectivity index (χ2v) is 8.49. The second kappa shape index (κ2) is 9.46. The number of amides is 1. The molecule has 33 heavy (non-hydrogen) atoms. The molecule has 2 heterocycles. The Morgan fingerprint density at radius 1 is 0.909 bits per heavy atom. The summed E-state index contributed by atoms with van der Waals surface area (Å²) >= 11 is 1.31. The minimum atomic E-state index is -0.0190. The fourth-order valence-electron chi connectivity index (χ4n) is 4.07. The molecular weight excluding hydrogens is 434 g/mol. The smallest absolute Gasteiger partial charge is 0.242 e. The van der Waals surface area contributed by atoms with Crippen molar-refractivity contribution in [2.45, 2.75) is 24.9 Å². The number of para-hydroxylation sites is 4. The van der Waals surface area contributed by atoms with Crippen LogP contribution in [0.4, 0.5) is 11.4 Å². The van der Waals surface area contributed by atoms with Gasteiger partial charge in [0.2, 0.25) is 11.1 Å². The largest absolute Gasteiger partial charge is 0.492 e. The van der Waals surface area contributed by atoms with E-state index in [1.54, 1.807) is 4.68 Å². The number of tetrazole rings is 1. The Kier molecular flexibility index (Phi) is 6.08. The highest BCUT2D eigenvalue weighted by Gasteiger charge is 2.26. The molecule has 3 aromatic carbocycles. The number of carbonyl (C=O) groups is 1. The lowest BCUT2D eigenvalue weighted by Gasteiger charge is -2.24. The normalized spacial score (nSPS) is 12.6. The van der Waals surface area contributed by atoms with Crippen molar-refractivity contribution in [2.75, 3.05) is 17.3 Å². The molecular formula is C25H23N5O2S. The third kappa shape index (κ3) is 4.21. The zero-order valence-electron chi connectivity index (χ0n) is 18.2. The molecule has 8 heteroatoms. The highest BCUT2D eigenvalue weighted by atomic mass is 32.2. The van der Waals surface area contributed by atoms with Gasteiger partial charge in [-0.15, -0.1) is 5.10 Å². The maximum atomic E-state index is 13.6. The van der Waals surface area contributed by atoms with Crippen LogP contribution >= 0.6 is 11.8 Å². The van der Waals surface area contributed by atoms with E-state index in [9.17, 15) is 4.79 Å². The SMILES string of the molecule is CCOc1ccccc1-n1nnnc1SCC(=O)N1c2ccccc2CCc2ccccc21. The van der Waals surface area contributed by atoms with Crippen molar-refractivity contribution < 1.29 is 9.53 Å². The lowest BCUT2D eigenvalue weighted by Crippen LogP contribution is -2.28. The number of thioether (sulfide) groups is 1. The molecule has 0 spiro atoms. The number of hydrogen-bond acceptors (Lipinski definition) is 6. The monoisotopic (exact) mass is 457 g/mol. The minimum absolute atomic E-state index is 0.0190. The van der Waals surface area contributed by atoms with Crippen LogP contribution in [0.5, 0.6) is 5.75 Å². The van der Waals surface area contributed by atoms with Gasteiger partial charge in [0.15, 0.2) is 0 Å². The van der Waals surface area contributed by atoms with Crippen molar-refractivity contribution in [3.05, 3.63) is 83.9 Å². The summed E-state index contributed by atoms with van der Waals surface area (Å²) in [4.78, 5) is 15.4. The topological polar surface area (TPSA) is 73.1 Å². The standard InChI is InChI=1S/C25H23N5O2S/c1-2-32-23-14-8-7-13-22(23)30-25(26-27-28-30)33-17-24(31)29-20-11-5-3-9-18(20)15-16-19-10-4-6-12-21(19)29/h3-14H,2,15-17H2,1H3. The number of anilines is 2. The highest BCUT2D eigenvalue weighted by Crippen LogP contribution is 2.37. The number of hydrogen-bond donors (Lipinski definition) is 0. The number of benzene rings is 3. The van der Waals surface area contributed by atoms with Gasteiger partial charge in [0.1, 0.15) is 11.4 Å². The average Bonchev–Trinajstić information content (AvgIpc) is 3.25. The van der Waals surface area contributed by atoms with Crippen LogP contribution in [0, 0.1) is 0 Å². The Labute approximate surface area is 196 Å². The summed E-state index contributed by atoms with van der Waals surface area (Å²) < 4.78 is 7.35. The maximum absolute atomic E-state index is 13.6. The van der Waals surface area contributed by atoms with Crippen LogP contribution in [-0.4, -0.2) is 38.5 Å². The van der Waals surface area contributed by atoms with E-state index in [-0.39, 0.29) is 11.7 Å². The average molecular weight is 458 g/mol. The molecule has 1 aliphatic heterocycles. The molecule has 0 unspecified atom stereocenters. The van der Waals surface area contributed by atoms with E-state index in [0.29, 0.717) is 17.5 Å². The van der Waals surface area contributed by atoms with Crippen LogP contribution in [0.15, 0.2) is 78.0 Å². The van der Waals surface area contributed by atoms with Gasteiger partial charge < -0.3 is 4.74 Å². The van der Waals surface area contributed by atoms with Crippen molar-refractivity contribution in [3.63, 3.8) is 0 Å². The molecule has 1 amide bonds. The van der Waals surface area contributed by atoms with Crippen molar-refractivity contribution in [1.29, 1.82) is 0 Å². The van der Waals surface area contributed by atoms with Crippen LogP contribution in [0.2, 0.25) is 0 Å². The van der Waals surface area contributed by atoms with Gasteiger partial charge in [0, 0.05) is 0 Å². The second-order valence-electron chi connectivity index (χ2n) is 7.55. The molecule has 0 fully saturated rings. The third-order valence-corrected chi connectivity index (χ3v) is 6.44. The van der Waals surface area contributed by atoms with Gasteiger partial charge in [-0.3, -0.25) is 9.69 Å². The fraction of sp³-hybridized carbons (Fsp3) is 0.200. The Hall–Kier alpha value is -3.65. The van der Waals surface area contributed by atoms with Crippen LogP contribution in [-0.2, 0) is 17.6 Å². The first kappa shape index (κ1) is 21.2. The lowest BCUT2D eigenvalue weighted by molar-refractivity contribution is -0.115. The minimum Gasteiger partial charge on any atom is -0.492 e. The summed E-state index contributed by atoms with van der Waals surface area (Å²) in [5, 5.41) is 12.7. The van der Waals surface area contributed by atoms with Crippen LogP contribution in [0.25, 0.3) is 5.69 Å². The zero-order valence-corrected chi connectivity index (χ0v) is 19.0. The number of ether oxygens (including phenoxy) is 1. The number of fused-ring (bicyclic) bond motifs is 2. The first-order valence-electron chi connectivity index (χ1n) is 10.9. The molecule has 0 atom stereocenters. The van der Waals surface area contributed by atoms with E-state index in [4.69, 9.17) is 4.74 Å². The molecule has 0 bridgehead atoms. The van der Waals surface area contributed by atoms with Gasteiger partial charge in [-0.1, -0.05) is 60.3 Å². The maximum Gasteiger partial charge on any atom is 0.242 e. The molecule has 0 saturated carbocycles. The predicted octanol–water partition coefficient (Wildman–Crippen LogP) is 4.62. The first-order valence-corrected chi connectivity index (χ1v) is 11.9. The Bertz CT molecular complexity index is 1240. The van der Waals surface area contributed by atoms with Crippen molar-refractivity contribution in [1.82, 2.24) is 20.2 Å². The number of rotatable bonds is 6. The third-order valence-electron chi connectivity index (χ3n) is 5.54. The zero-order chi connectivity index (χ0) is 22.6. The molecule has 0 N–H and O–H groups in total. The molecule has 5 rings (SSSR count). The van der Waals surface area contributed by atoms with Crippen molar-refractivity contribution >= 4 is 29.0 Å². The molecule has 7 nitrogen and oxygen atoms in total. The van der Waals surface area contributed by atoms with Gasteiger partial charge in [0.25, 0.3) is 0 Å². The molecule has 0 aliphatic carbocycles. The summed E-state index contributed by atoms with van der Waals surface area (Å²) in [5.41, 5.74) is 4.96. The quantitative estimate of drug-likeness (QED) is 0.394. The lowest BCUT2D eigenvalue weighted by atomic mass is 10.0. The van der Waals surface area contributed by atoms with Gasteiger partial charge in [-0.25, -0.2) is 0 Å². The molecule has 166 valence electrons. The number of nitrogens with zero attached hydrogens (tertiary/aromatic N) is 5. The molecule has 0 radical (unpaired) electrons.